The van der Waals surface area contributed by atoms with Crippen LogP contribution in [-0.4, -0.2) is 13.1 Å². The molecule has 0 N–H and O–H groups in total. The average Bonchev–Trinajstić information content (AvgIpc) is 2.29. The molecule has 0 radical (unpaired) electrons. The highest BCUT2D eigenvalue weighted by Crippen LogP contribution is 2.17. The molecule has 0 heterocycles. The molecule has 0 aliphatic rings. The van der Waals surface area contributed by atoms with Gasteiger partial charge in [0.2, 0.25) is 0 Å². The highest BCUT2D eigenvalue weighted by molar-refractivity contribution is 5.93. The van der Waals surface area contributed by atoms with Crippen LogP contribution in [0.1, 0.15) is 26.7 Å². The van der Waals surface area contributed by atoms with Crippen LogP contribution in [0.2, 0.25) is 0 Å². The summed E-state index contributed by atoms with van der Waals surface area (Å²) in [5.74, 6) is -0.306. The molecular formula is C14H20O2. The Bertz CT molecular complexity index is 320. The number of ether oxygens (including phenoxy) is 1. The summed E-state index contributed by atoms with van der Waals surface area (Å²) in [4.78, 5) is 11.6. The molecule has 0 atom stereocenters. The highest BCUT2D eigenvalue weighted by atomic mass is 16.5. The Kier molecular flexibility index (Phi) is 7.86. The molecule has 0 spiro atoms. The first-order chi connectivity index (χ1) is 7.71. The number of hydrogen-bond acceptors (Lipinski definition) is 2. The first-order valence-electron chi connectivity index (χ1n) is 5.42. The first-order valence-corrected chi connectivity index (χ1v) is 5.42. The topological polar surface area (TPSA) is 26.3 Å². The largest absolute Gasteiger partial charge is 0.465 e. The molecule has 0 rings (SSSR count). The minimum absolute atomic E-state index is 0.306. The fourth-order valence-corrected chi connectivity index (χ4v) is 1.31. The third-order valence-electron chi connectivity index (χ3n) is 2.02. The van der Waals surface area contributed by atoms with Gasteiger partial charge in [-0.2, -0.15) is 0 Å². The molecule has 2 nitrogen and oxygen atoms in total. The molecule has 0 aromatic carbocycles. The van der Waals surface area contributed by atoms with E-state index in [1.807, 2.05) is 32.1 Å². The second-order valence-electron chi connectivity index (χ2n) is 3.23. The Balaban J connectivity index is 5.19. The van der Waals surface area contributed by atoms with Gasteiger partial charge in [-0.3, -0.25) is 0 Å². The molecule has 0 saturated heterocycles. The molecule has 0 aliphatic heterocycles. The van der Waals surface area contributed by atoms with Crippen molar-refractivity contribution in [3.05, 3.63) is 48.1 Å². The number of carbonyl (C=O) groups is 1. The fourth-order valence-electron chi connectivity index (χ4n) is 1.31. The van der Waals surface area contributed by atoms with Gasteiger partial charge >= 0.3 is 5.97 Å². The lowest BCUT2D eigenvalue weighted by Crippen LogP contribution is -2.07. The first kappa shape index (κ1) is 14.4. The van der Waals surface area contributed by atoms with E-state index >= 15 is 0 Å². The van der Waals surface area contributed by atoms with Crippen molar-refractivity contribution in [2.24, 2.45) is 0 Å². The van der Waals surface area contributed by atoms with Gasteiger partial charge < -0.3 is 4.74 Å². The van der Waals surface area contributed by atoms with Crippen molar-refractivity contribution in [2.45, 2.75) is 26.7 Å². The SMILES string of the molecule is C=CCC(=C\CC)/C(=C\C=C/C)C(=O)OC. The Hall–Kier alpha value is -1.57. The molecule has 88 valence electrons. The molecule has 0 aromatic heterocycles. The van der Waals surface area contributed by atoms with Crippen LogP contribution in [0.3, 0.4) is 0 Å². The molecule has 0 unspecified atom stereocenters. The van der Waals surface area contributed by atoms with E-state index in [1.165, 1.54) is 7.11 Å². The zero-order valence-corrected chi connectivity index (χ0v) is 10.3. The van der Waals surface area contributed by atoms with E-state index < -0.39 is 0 Å². The van der Waals surface area contributed by atoms with Crippen LogP contribution in [0, 0.1) is 0 Å². The lowest BCUT2D eigenvalue weighted by atomic mass is 10.0. The monoisotopic (exact) mass is 220 g/mol. The summed E-state index contributed by atoms with van der Waals surface area (Å²) in [5.41, 5.74) is 1.56. The molecule has 2 heteroatoms. The standard InChI is InChI=1S/C14H20O2/c1-5-8-11-13(14(15)16-4)12(9-6-2)10-7-3/h5-6,8,10-11H,2,7,9H2,1,3-4H3/b8-5-,12-10+,13-11+. The predicted molar refractivity (Wildman–Crippen MR) is 68.1 cm³/mol. The number of carbonyl (C=O) groups excluding carboxylic acids is 1. The van der Waals surface area contributed by atoms with Crippen molar-refractivity contribution in [1.82, 2.24) is 0 Å². The van der Waals surface area contributed by atoms with Gasteiger partial charge in [-0.15, -0.1) is 6.58 Å². The van der Waals surface area contributed by atoms with Gasteiger partial charge in [0.05, 0.1) is 12.7 Å². The average molecular weight is 220 g/mol. The van der Waals surface area contributed by atoms with Crippen molar-refractivity contribution in [3.63, 3.8) is 0 Å². The van der Waals surface area contributed by atoms with Crippen LogP contribution in [0.15, 0.2) is 48.1 Å². The van der Waals surface area contributed by atoms with E-state index in [1.54, 1.807) is 12.2 Å². The third kappa shape index (κ3) is 4.78. The van der Waals surface area contributed by atoms with E-state index in [4.69, 9.17) is 4.74 Å². The number of methoxy groups -OCH3 is 1. The second kappa shape index (κ2) is 8.72. The van der Waals surface area contributed by atoms with Crippen molar-refractivity contribution in [3.8, 4) is 0 Å². The Morgan fingerprint density at radius 3 is 2.56 bits per heavy atom. The Labute approximate surface area is 98.0 Å². The number of hydrogen-bond donors (Lipinski definition) is 0. The van der Waals surface area contributed by atoms with Gasteiger partial charge in [0.1, 0.15) is 0 Å². The maximum absolute atomic E-state index is 11.6. The molecule has 0 saturated carbocycles. The molecule has 0 aliphatic carbocycles. The van der Waals surface area contributed by atoms with E-state index in [0.29, 0.717) is 12.0 Å². The van der Waals surface area contributed by atoms with Gasteiger partial charge in [0.15, 0.2) is 0 Å². The maximum Gasteiger partial charge on any atom is 0.338 e. The normalized spacial score (nSPS) is 12.9. The van der Waals surface area contributed by atoms with Crippen molar-refractivity contribution < 1.29 is 9.53 Å². The van der Waals surface area contributed by atoms with Gasteiger partial charge in [-0.25, -0.2) is 4.79 Å². The van der Waals surface area contributed by atoms with Crippen LogP contribution in [-0.2, 0) is 9.53 Å². The second-order valence-corrected chi connectivity index (χ2v) is 3.23. The summed E-state index contributed by atoms with van der Waals surface area (Å²) in [6.45, 7) is 7.63. The fraction of sp³-hybridized carbons (Fsp3) is 0.357. The van der Waals surface area contributed by atoms with E-state index in [9.17, 15) is 4.79 Å². The summed E-state index contributed by atoms with van der Waals surface area (Å²) in [6.07, 6.45) is 10.8. The van der Waals surface area contributed by atoms with E-state index in [0.717, 1.165) is 12.0 Å². The third-order valence-corrected chi connectivity index (χ3v) is 2.02. The van der Waals surface area contributed by atoms with Crippen LogP contribution in [0.25, 0.3) is 0 Å². The molecule has 16 heavy (non-hydrogen) atoms. The number of rotatable bonds is 6. The van der Waals surface area contributed by atoms with Gasteiger partial charge in [0.25, 0.3) is 0 Å². The molecule has 0 amide bonds. The van der Waals surface area contributed by atoms with E-state index in [-0.39, 0.29) is 5.97 Å². The van der Waals surface area contributed by atoms with Crippen LogP contribution < -0.4 is 0 Å². The van der Waals surface area contributed by atoms with Crippen LogP contribution >= 0.6 is 0 Å². The quantitative estimate of drug-likeness (QED) is 0.296. The number of esters is 1. The highest BCUT2D eigenvalue weighted by Gasteiger charge is 2.12. The Morgan fingerprint density at radius 1 is 1.44 bits per heavy atom. The summed E-state index contributed by atoms with van der Waals surface area (Å²) in [6, 6.07) is 0. The Morgan fingerprint density at radius 2 is 2.12 bits per heavy atom. The number of allylic oxidation sites excluding steroid dienone is 5. The minimum Gasteiger partial charge on any atom is -0.465 e. The smallest absolute Gasteiger partial charge is 0.338 e. The minimum atomic E-state index is -0.306. The molecule has 0 fully saturated rings. The van der Waals surface area contributed by atoms with Gasteiger partial charge in [0, 0.05) is 0 Å². The molecule has 0 bridgehead atoms. The summed E-state index contributed by atoms with van der Waals surface area (Å²) in [5, 5.41) is 0. The lowest BCUT2D eigenvalue weighted by Gasteiger charge is -2.07. The van der Waals surface area contributed by atoms with Crippen LogP contribution in [0.5, 0.6) is 0 Å². The molecular weight excluding hydrogens is 200 g/mol. The van der Waals surface area contributed by atoms with Gasteiger partial charge in [-0.1, -0.05) is 31.2 Å². The summed E-state index contributed by atoms with van der Waals surface area (Å²) in [7, 11) is 1.39. The van der Waals surface area contributed by atoms with E-state index in [2.05, 4.69) is 6.58 Å². The van der Waals surface area contributed by atoms with Crippen molar-refractivity contribution in [1.29, 1.82) is 0 Å². The lowest BCUT2D eigenvalue weighted by molar-refractivity contribution is -0.135. The van der Waals surface area contributed by atoms with Crippen LogP contribution in [0.4, 0.5) is 0 Å². The zero-order chi connectivity index (χ0) is 12.4. The molecule has 0 aromatic rings. The van der Waals surface area contributed by atoms with Gasteiger partial charge in [-0.05, 0) is 31.4 Å². The maximum atomic E-state index is 11.6. The van der Waals surface area contributed by atoms with Crippen molar-refractivity contribution in [2.75, 3.05) is 7.11 Å². The van der Waals surface area contributed by atoms with Crippen molar-refractivity contribution >= 4 is 5.97 Å². The summed E-state index contributed by atoms with van der Waals surface area (Å²) < 4.78 is 4.77. The summed E-state index contributed by atoms with van der Waals surface area (Å²) >= 11 is 0. The predicted octanol–water partition coefficient (Wildman–Crippen LogP) is 3.57. The zero-order valence-electron chi connectivity index (χ0n) is 10.3.